The van der Waals surface area contributed by atoms with Gasteiger partial charge in [0, 0.05) is 30.5 Å². The number of rotatable bonds is 6. The zero-order valence-electron chi connectivity index (χ0n) is 10.7. The molecular weight excluding hydrogens is 238 g/mol. The average Bonchev–Trinajstić information content (AvgIpc) is 2.61. The summed E-state index contributed by atoms with van der Waals surface area (Å²) in [6, 6.07) is 1.92. The summed E-state index contributed by atoms with van der Waals surface area (Å²) >= 11 is 0. The van der Waals surface area contributed by atoms with Crippen molar-refractivity contribution in [1.82, 2.24) is 15.0 Å². The van der Waals surface area contributed by atoms with Gasteiger partial charge >= 0.3 is 0 Å². The van der Waals surface area contributed by atoms with Gasteiger partial charge in [0.25, 0.3) is 0 Å². The highest BCUT2D eigenvalue weighted by molar-refractivity contribution is 7.89. The van der Waals surface area contributed by atoms with Gasteiger partial charge in [0.05, 0.1) is 4.90 Å². The first-order chi connectivity index (χ1) is 7.81. The molecule has 0 bridgehead atoms. The third kappa shape index (κ3) is 4.49. The van der Waals surface area contributed by atoms with Gasteiger partial charge in [0.2, 0.25) is 10.0 Å². The Kier molecular flexibility index (Phi) is 4.73. The van der Waals surface area contributed by atoms with Gasteiger partial charge in [0.15, 0.2) is 0 Å². The second kappa shape index (κ2) is 5.66. The van der Waals surface area contributed by atoms with Crippen LogP contribution in [0.1, 0.15) is 33.4 Å². The van der Waals surface area contributed by atoms with Crippen LogP contribution in [0.2, 0.25) is 0 Å². The van der Waals surface area contributed by atoms with Crippen molar-refractivity contribution in [2.75, 3.05) is 0 Å². The van der Waals surface area contributed by atoms with Crippen LogP contribution in [0.25, 0.3) is 0 Å². The molecule has 0 aliphatic rings. The molecule has 0 aromatic carbocycles. The molecule has 1 rings (SSSR count). The number of hydrogen-bond donors (Lipinski definition) is 3. The second-order valence-corrected chi connectivity index (χ2v) is 6.39. The molecule has 1 aromatic rings. The smallest absolute Gasteiger partial charge is 0.242 e. The Labute approximate surface area is 103 Å². The van der Waals surface area contributed by atoms with Crippen LogP contribution in [0.4, 0.5) is 0 Å². The van der Waals surface area contributed by atoms with Gasteiger partial charge in [-0.2, -0.15) is 0 Å². The third-order valence-electron chi connectivity index (χ3n) is 2.12. The predicted molar refractivity (Wildman–Crippen MR) is 68.2 cm³/mol. The maximum absolute atomic E-state index is 11.8. The first-order valence-corrected chi connectivity index (χ1v) is 7.22. The van der Waals surface area contributed by atoms with Crippen molar-refractivity contribution < 1.29 is 8.42 Å². The second-order valence-electron chi connectivity index (χ2n) is 4.67. The van der Waals surface area contributed by atoms with Crippen molar-refractivity contribution in [2.45, 2.75) is 51.2 Å². The Morgan fingerprint density at radius 3 is 2.41 bits per heavy atom. The molecule has 0 saturated heterocycles. The fourth-order valence-corrected chi connectivity index (χ4v) is 2.64. The maximum Gasteiger partial charge on any atom is 0.242 e. The molecule has 0 aliphatic carbocycles. The van der Waals surface area contributed by atoms with Gasteiger partial charge in [-0.05, 0) is 19.9 Å². The Morgan fingerprint density at radius 1 is 1.24 bits per heavy atom. The van der Waals surface area contributed by atoms with Gasteiger partial charge in [-0.1, -0.05) is 13.8 Å². The summed E-state index contributed by atoms with van der Waals surface area (Å²) in [7, 11) is -3.39. The normalized spacial score (nSPS) is 12.6. The molecular formula is C11H21N3O2S. The van der Waals surface area contributed by atoms with Crippen molar-refractivity contribution in [1.29, 1.82) is 0 Å². The van der Waals surface area contributed by atoms with Gasteiger partial charge in [0.1, 0.15) is 0 Å². The Hall–Kier alpha value is -0.850. The van der Waals surface area contributed by atoms with E-state index in [1.54, 1.807) is 19.9 Å². The fourth-order valence-electron chi connectivity index (χ4n) is 1.37. The molecule has 0 amide bonds. The zero-order chi connectivity index (χ0) is 13.1. The molecule has 5 nitrogen and oxygen atoms in total. The van der Waals surface area contributed by atoms with Crippen molar-refractivity contribution in [3.8, 4) is 0 Å². The van der Waals surface area contributed by atoms with Crippen LogP contribution in [-0.4, -0.2) is 25.5 Å². The van der Waals surface area contributed by atoms with Crippen molar-refractivity contribution >= 4 is 10.0 Å². The number of aromatic amines is 1. The quantitative estimate of drug-likeness (QED) is 0.718. The molecule has 0 atom stereocenters. The molecule has 6 heteroatoms. The number of nitrogens with one attached hydrogen (secondary N) is 3. The van der Waals surface area contributed by atoms with E-state index in [2.05, 4.69) is 15.0 Å². The molecule has 0 spiro atoms. The number of H-pyrrole nitrogens is 1. The lowest BCUT2D eigenvalue weighted by Gasteiger charge is -2.07. The molecule has 1 aromatic heterocycles. The van der Waals surface area contributed by atoms with Gasteiger partial charge < -0.3 is 10.3 Å². The van der Waals surface area contributed by atoms with Crippen molar-refractivity contribution in [3.05, 3.63) is 18.0 Å². The molecule has 1 heterocycles. The number of aromatic nitrogens is 1. The largest absolute Gasteiger partial charge is 0.363 e. The zero-order valence-corrected chi connectivity index (χ0v) is 11.6. The molecule has 17 heavy (non-hydrogen) atoms. The van der Waals surface area contributed by atoms with Crippen LogP contribution in [-0.2, 0) is 16.6 Å². The van der Waals surface area contributed by atoms with Gasteiger partial charge in [-0.3, -0.25) is 0 Å². The topological polar surface area (TPSA) is 74.0 Å². The average molecular weight is 259 g/mol. The highest BCUT2D eigenvalue weighted by atomic mass is 32.2. The van der Waals surface area contributed by atoms with Gasteiger partial charge in [-0.25, -0.2) is 13.1 Å². The third-order valence-corrected chi connectivity index (χ3v) is 3.76. The van der Waals surface area contributed by atoms with E-state index >= 15 is 0 Å². The van der Waals surface area contributed by atoms with E-state index in [4.69, 9.17) is 0 Å². The Balaban J connectivity index is 2.74. The first kappa shape index (κ1) is 14.2. The van der Waals surface area contributed by atoms with Crippen LogP contribution in [0.5, 0.6) is 0 Å². The van der Waals surface area contributed by atoms with E-state index in [0.29, 0.717) is 12.6 Å². The molecule has 0 aliphatic heterocycles. The lowest BCUT2D eigenvalue weighted by Crippen LogP contribution is -2.29. The minimum atomic E-state index is -3.39. The monoisotopic (exact) mass is 259 g/mol. The molecule has 0 fully saturated rings. The summed E-state index contributed by atoms with van der Waals surface area (Å²) < 4.78 is 26.2. The molecule has 0 unspecified atom stereocenters. The first-order valence-electron chi connectivity index (χ1n) is 5.74. The summed E-state index contributed by atoms with van der Waals surface area (Å²) in [6.45, 7) is 8.31. The van der Waals surface area contributed by atoms with Crippen LogP contribution >= 0.6 is 0 Å². The summed E-state index contributed by atoms with van der Waals surface area (Å²) in [6.07, 6.45) is 1.52. The van der Waals surface area contributed by atoms with E-state index < -0.39 is 10.0 Å². The van der Waals surface area contributed by atoms with Gasteiger partial charge in [-0.15, -0.1) is 0 Å². The van der Waals surface area contributed by atoms with Crippen LogP contribution in [0.15, 0.2) is 17.2 Å². The highest BCUT2D eigenvalue weighted by Crippen LogP contribution is 2.11. The summed E-state index contributed by atoms with van der Waals surface area (Å²) in [4.78, 5) is 3.24. The fraction of sp³-hybridized carbons (Fsp3) is 0.636. The minimum absolute atomic E-state index is 0.105. The standard InChI is InChI=1S/C11H21N3O2S/c1-8(2)12-6-10-5-11(7-13-10)17(15,16)14-9(3)4/h5,7-9,12-14H,6H2,1-4H3. The minimum Gasteiger partial charge on any atom is -0.363 e. The molecule has 0 saturated carbocycles. The van der Waals surface area contributed by atoms with E-state index in [9.17, 15) is 8.42 Å². The van der Waals surface area contributed by atoms with E-state index in [1.165, 1.54) is 6.20 Å². The van der Waals surface area contributed by atoms with E-state index in [-0.39, 0.29) is 10.9 Å². The van der Waals surface area contributed by atoms with E-state index in [0.717, 1.165) is 5.69 Å². The lowest BCUT2D eigenvalue weighted by atomic mass is 10.3. The summed E-state index contributed by atoms with van der Waals surface area (Å²) in [5.74, 6) is 0. The Morgan fingerprint density at radius 2 is 1.88 bits per heavy atom. The maximum atomic E-state index is 11.8. The predicted octanol–water partition coefficient (Wildman–Crippen LogP) is 1.20. The highest BCUT2D eigenvalue weighted by Gasteiger charge is 2.16. The summed E-state index contributed by atoms with van der Waals surface area (Å²) in [5.41, 5.74) is 0.864. The van der Waals surface area contributed by atoms with Crippen molar-refractivity contribution in [3.63, 3.8) is 0 Å². The lowest BCUT2D eigenvalue weighted by molar-refractivity contribution is 0.570. The molecule has 98 valence electrons. The molecule has 3 N–H and O–H groups in total. The number of hydrogen-bond acceptors (Lipinski definition) is 3. The van der Waals surface area contributed by atoms with E-state index in [1.807, 2.05) is 13.8 Å². The summed E-state index contributed by atoms with van der Waals surface area (Å²) in [5, 5.41) is 3.22. The SMILES string of the molecule is CC(C)NCc1cc(S(=O)(=O)NC(C)C)c[nH]1. The van der Waals surface area contributed by atoms with Crippen LogP contribution in [0, 0.1) is 0 Å². The van der Waals surface area contributed by atoms with Crippen molar-refractivity contribution in [2.24, 2.45) is 0 Å². The van der Waals surface area contributed by atoms with Crippen LogP contribution < -0.4 is 10.0 Å². The number of sulfonamides is 1. The molecule has 0 radical (unpaired) electrons. The van der Waals surface area contributed by atoms with Crippen LogP contribution in [0.3, 0.4) is 0 Å². The Bertz CT molecular complexity index is 449.